The number of hydrogen-bond donors (Lipinski definition) is 1. The van der Waals surface area contributed by atoms with Gasteiger partial charge in [-0.25, -0.2) is 0 Å². The second-order valence-electron chi connectivity index (χ2n) is 6.13. The van der Waals surface area contributed by atoms with Crippen LogP contribution in [0.2, 0.25) is 0 Å². The Morgan fingerprint density at radius 2 is 2.26 bits per heavy atom. The average molecular weight is 259 g/mol. The maximum atomic E-state index is 11.6. The van der Waals surface area contributed by atoms with E-state index in [1.807, 2.05) is 6.92 Å². The molecule has 0 radical (unpaired) electrons. The van der Waals surface area contributed by atoms with Crippen LogP contribution in [-0.4, -0.2) is 28.1 Å². The highest BCUT2D eigenvalue weighted by Gasteiger charge is 2.47. The average Bonchev–Trinajstić information content (AvgIpc) is 2.93. The molecule has 1 aromatic carbocycles. The molecule has 1 N–H and O–H groups in total. The van der Waals surface area contributed by atoms with Crippen LogP contribution in [-0.2, 0) is 11.2 Å². The number of hydrogen-bond acceptors (Lipinski definition) is 2. The van der Waals surface area contributed by atoms with Gasteiger partial charge in [0.15, 0.2) is 0 Å². The van der Waals surface area contributed by atoms with E-state index in [2.05, 4.69) is 30.0 Å². The third-order valence-corrected chi connectivity index (χ3v) is 4.88. The highest BCUT2D eigenvalue weighted by Crippen LogP contribution is 2.43. The molecule has 1 aromatic rings. The van der Waals surface area contributed by atoms with Crippen LogP contribution in [0.15, 0.2) is 18.2 Å². The second-order valence-corrected chi connectivity index (χ2v) is 6.13. The predicted molar refractivity (Wildman–Crippen MR) is 74.2 cm³/mol. The van der Waals surface area contributed by atoms with Crippen molar-refractivity contribution in [1.82, 2.24) is 4.90 Å². The maximum absolute atomic E-state index is 11.6. The first-order valence-electron chi connectivity index (χ1n) is 7.12. The molecular weight excluding hydrogens is 238 g/mol. The van der Waals surface area contributed by atoms with Crippen molar-refractivity contribution in [2.24, 2.45) is 0 Å². The summed E-state index contributed by atoms with van der Waals surface area (Å²) >= 11 is 0. The van der Waals surface area contributed by atoms with Gasteiger partial charge >= 0.3 is 5.97 Å². The molecule has 3 heteroatoms. The van der Waals surface area contributed by atoms with Gasteiger partial charge in [-0.15, -0.1) is 0 Å². The lowest BCUT2D eigenvalue weighted by Gasteiger charge is -2.36. The number of carbonyl (C=O) groups is 1. The van der Waals surface area contributed by atoms with Crippen LogP contribution in [0, 0.1) is 6.92 Å². The number of rotatable bonds is 2. The Bertz CT molecular complexity index is 525. The SMILES string of the molecule is Cc1ccc2c(c1)C(N1CCCC1(C)C(=O)O)CC2. The fraction of sp³-hybridized carbons (Fsp3) is 0.562. The monoisotopic (exact) mass is 259 g/mol. The highest BCUT2D eigenvalue weighted by molar-refractivity contribution is 5.78. The van der Waals surface area contributed by atoms with Crippen molar-refractivity contribution in [3.63, 3.8) is 0 Å². The Morgan fingerprint density at radius 3 is 3.00 bits per heavy atom. The van der Waals surface area contributed by atoms with Crippen LogP contribution in [0.1, 0.15) is 48.9 Å². The van der Waals surface area contributed by atoms with Crippen molar-refractivity contribution in [3.8, 4) is 0 Å². The predicted octanol–water partition coefficient (Wildman–Crippen LogP) is 2.92. The Balaban J connectivity index is 1.97. The number of carboxylic acid groups (broad SMARTS) is 1. The van der Waals surface area contributed by atoms with Crippen molar-refractivity contribution in [1.29, 1.82) is 0 Å². The van der Waals surface area contributed by atoms with Crippen LogP contribution in [0.4, 0.5) is 0 Å². The minimum atomic E-state index is -0.685. The Kier molecular flexibility index (Phi) is 2.90. The van der Waals surface area contributed by atoms with Gasteiger partial charge in [-0.05, 0) is 57.2 Å². The molecule has 0 aromatic heterocycles. The van der Waals surface area contributed by atoms with Gasteiger partial charge < -0.3 is 5.11 Å². The van der Waals surface area contributed by atoms with Crippen molar-refractivity contribution < 1.29 is 9.90 Å². The van der Waals surface area contributed by atoms with Crippen LogP contribution in [0.3, 0.4) is 0 Å². The first-order valence-corrected chi connectivity index (χ1v) is 7.12. The minimum absolute atomic E-state index is 0.290. The number of benzene rings is 1. The van der Waals surface area contributed by atoms with Crippen LogP contribution < -0.4 is 0 Å². The Morgan fingerprint density at radius 1 is 1.47 bits per heavy atom. The van der Waals surface area contributed by atoms with Gasteiger partial charge in [-0.2, -0.15) is 0 Å². The van der Waals surface area contributed by atoms with Gasteiger partial charge in [0.2, 0.25) is 0 Å². The summed E-state index contributed by atoms with van der Waals surface area (Å²) in [6, 6.07) is 6.90. The zero-order chi connectivity index (χ0) is 13.6. The zero-order valence-electron chi connectivity index (χ0n) is 11.6. The van der Waals surface area contributed by atoms with Crippen molar-refractivity contribution in [2.75, 3.05) is 6.54 Å². The standard InChI is InChI=1S/C16H21NO2/c1-11-4-5-12-6-7-14(13(12)10-11)17-9-3-8-16(17,2)15(18)19/h4-5,10,14H,3,6-9H2,1-2H3,(H,18,19). The number of likely N-dealkylation sites (tertiary alicyclic amines) is 1. The van der Waals surface area contributed by atoms with E-state index in [4.69, 9.17) is 0 Å². The number of aryl methyl sites for hydroxylation is 2. The molecule has 1 fully saturated rings. The summed E-state index contributed by atoms with van der Waals surface area (Å²) in [5, 5.41) is 9.56. The minimum Gasteiger partial charge on any atom is -0.480 e. The van der Waals surface area contributed by atoms with Crippen LogP contribution >= 0.6 is 0 Å². The van der Waals surface area contributed by atoms with Crippen LogP contribution in [0.25, 0.3) is 0 Å². The molecular formula is C16H21NO2. The van der Waals surface area contributed by atoms with E-state index in [1.165, 1.54) is 16.7 Å². The fourth-order valence-electron chi connectivity index (χ4n) is 3.74. The molecule has 0 bridgehead atoms. The van der Waals surface area contributed by atoms with E-state index >= 15 is 0 Å². The largest absolute Gasteiger partial charge is 0.480 e. The van der Waals surface area contributed by atoms with E-state index in [0.717, 1.165) is 32.2 Å². The number of fused-ring (bicyclic) bond motifs is 1. The number of nitrogens with zero attached hydrogens (tertiary/aromatic N) is 1. The first kappa shape index (κ1) is 12.7. The summed E-state index contributed by atoms with van der Waals surface area (Å²) in [4.78, 5) is 13.9. The second kappa shape index (κ2) is 4.34. The van der Waals surface area contributed by atoms with Gasteiger partial charge in [-0.1, -0.05) is 23.8 Å². The summed E-state index contributed by atoms with van der Waals surface area (Å²) in [5.74, 6) is -0.675. The normalized spacial score (nSPS) is 30.5. The molecule has 2 aliphatic rings. The zero-order valence-corrected chi connectivity index (χ0v) is 11.6. The topological polar surface area (TPSA) is 40.5 Å². The van der Waals surface area contributed by atoms with E-state index in [0.29, 0.717) is 6.04 Å². The number of carboxylic acids is 1. The molecule has 19 heavy (non-hydrogen) atoms. The van der Waals surface area contributed by atoms with E-state index in [1.54, 1.807) is 0 Å². The van der Waals surface area contributed by atoms with Gasteiger partial charge in [0, 0.05) is 6.04 Å². The Labute approximate surface area is 114 Å². The lowest BCUT2D eigenvalue weighted by atomic mass is 9.95. The summed E-state index contributed by atoms with van der Waals surface area (Å²) in [6.07, 6.45) is 3.88. The summed E-state index contributed by atoms with van der Waals surface area (Å²) in [6.45, 7) is 4.90. The molecule has 1 saturated heterocycles. The van der Waals surface area contributed by atoms with Gasteiger partial charge in [-0.3, -0.25) is 9.69 Å². The molecule has 0 spiro atoms. The van der Waals surface area contributed by atoms with Crippen molar-refractivity contribution in [2.45, 2.75) is 51.1 Å². The molecule has 2 atom stereocenters. The smallest absolute Gasteiger partial charge is 0.323 e. The van der Waals surface area contributed by atoms with Crippen molar-refractivity contribution in [3.05, 3.63) is 34.9 Å². The molecule has 3 nitrogen and oxygen atoms in total. The Hall–Kier alpha value is -1.35. The first-order chi connectivity index (χ1) is 9.02. The lowest BCUT2D eigenvalue weighted by molar-refractivity contribution is -0.150. The molecule has 1 heterocycles. The number of aliphatic carboxylic acids is 1. The fourth-order valence-corrected chi connectivity index (χ4v) is 3.74. The molecule has 1 aliphatic carbocycles. The molecule has 2 unspecified atom stereocenters. The van der Waals surface area contributed by atoms with Gasteiger partial charge in [0.05, 0.1) is 0 Å². The van der Waals surface area contributed by atoms with Gasteiger partial charge in [0.1, 0.15) is 5.54 Å². The molecule has 1 aliphatic heterocycles. The molecule has 102 valence electrons. The van der Waals surface area contributed by atoms with E-state index in [-0.39, 0.29) is 0 Å². The molecule has 0 amide bonds. The summed E-state index contributed by atoms with van der Waals surface area (Å²) in [7, 11) is 0. The van der Waals surface area contributed by atoms with E-state index in [9.17, 15) is 9.90 Å². The summed E-state index contributed by atoms with van der Waals surface area (Å²) < 4.78 is 0. The molecule has 0 saturated carbocycles. The lowest BCUT2D eigenvalue weighted by Crippen LogP contribution is -2.49. The van der Waals surface area contributed by atoms with Gasteiger partial charge in [0.25, 0.3) is 0 Å². The molecule has 3 rings (SSSR count). The van der Waals surface area contributed by atoms with E-state index < -0.39 is 11.5 Å². The maximum Gasteiger partial charge on any atom is 0.323 e. The third-order valence-electron chi connectivity index (χ3n) is 4.88. The third kappa shape index (κ3) is 1.88. The quantitative estimate of drug-likeness (QED) is 0.887. The van der Waals surface area contributed by atoms with Crippen LogP contribution in [0.5, 0.6) is 0 Å². The highest BCUT2D eigenvalue weighted by atomic mass is 16.4. The van der Waals surface area contributed by atoms with Crippen molar-refractivity contribution >= 4 is 5.97 Å². The summed E-state index contributed by atoms with van der Waals surface area (Å²) in [5.41, 5.74) is 3.34.